The summed E-state index contributed by atoms with van der Waals surface area (Å²) in [6, 6.07) is 7.00. The van der Waals surface area contributed by atoms with E-state index in [1.165, 1.54) is 16.9 Å². The highest BCUT2D eigenvalue weighted by atomic mass is 32.1. The molecule has 0 saturated carbocycles. The van der Waals surface area contributed by atoms with Crippen LogP contribution in [0.25, 0.3) is 0 Å². The maximum atomic E-state index is 12.5. The largest absolute Gasteiger partial charge is 0.481 e. The molecule has 0 bridgehead atoms. The van der Waals surface area contributed by atoms with E-state index in [9.17, 15) is 9.59 Å². The molecule has 0 spiro atoms. The second kappa shape index (κ2) is 6.32. The van der Waals surface area contributed by atoms with E-state index in [1.54, 1.807) is 35.6 Å². The van der Waals surface area contributed by atoms with Crippen molar-refractivity contribution >= 4 is 28.9 Å². The van der Waals surface area contributed by atoms with Crippen LogP contribution < -0.4 is 5.32 Å². The number of carbonyl (C=O) groups is 2. The summed E-state index contributed by atoms with van der Waals surface area (Å²) >= 11 is 1.66. The molecular formula is C17H17NO3S. The zero-order valence-electron chi connectivity index (χ0n) is 12.1. The first-order valence-corrected chi connectivity index (χ1v) is 8.23. The molecule has 4 nitrogen and oxygen atoms in total. The Morgan fingerprint density at radius 3 is 2.86 bits per heavy atom. The summed E-state index contributed by atoms with van der Waals surface area (Å²) in [5.41, 5.74) is 3.27. The number of thiophene rings is 1. The number of hydrogen-bond donors (Lipinski definition) is 2. The van der Waals surface area contributed by atoms with Crippen LogP contribution in [-0.4, -0.2) is 17.0 Å². The number of nitrogens with one attached hydrogen (secondary N) is 1. The molecule has 3 rings (SSSR count). The fourth-order valence-electron chi connectivity index (χ4n) is 2.82. The van der Waals surface area contributed by atoms with Gasteiger partial charge in [0.05, 0.1) is 12.0 Å². The number of hydrogen-bond acceptors (Lipinski definition) is 3. The van der Waals surface area contributed by atoms with Gasteiger partial charge in [0.25, 0.3) is 5.91 Å². The van der Waals surface area contributed by atoms with E-state index in [0.717, 1.165) is 24.8 Å². The number of carboxylic acid groups (broad SMARTS) is 1. The quantitative estimate of drug-likeness (QED) is 0.907. The summed E-state index contributed by atoms with van der Waals surface area (Å²) in [6.45, 7) is 0. The van der Waals surface area contributed by atoms with E-state index in [2.05, 4.69) is 5.32 Å². The Kier molecular flexibility index (Phi) is 4.24. The third-order valence-corrected chi connectivity index (χ3v) is 4.93. The highest BCUT2D eigenvalue weighted by molar-refractivity contribution is 7.10. The summed E-state index contributed by atoms with van der Waals surface area (Å²) in [5.74, 6) is -0.984. The van der Waals surface area contributed by atoms with Gasteiger partial charge in [-0.05, 0) is 48.9 Å². The van der Waals surface area contributed by atoms with Gasteiger partial charge in [-0.2, -0.15) is 0 Å². The Morgan fingerprint density at radius 1 is 1.23 bits per heavy atom. The molecule has 0 fully saturated rings. The average molecular weight is 315 g/mol. The molecule has 1 aromatic heterocycles. The van der Waals surface area contributed by atoms with Crippen molar-refractivity contribution in [3.05, 3.63) is 51.2 Å². The lowest BCUT2D eigenvalue weighted by Gasteiger charge is -2.13. The van der Waals surface area contributed by atoms with Crippen LogP contribution in [0.15, 0.2) is 29.6 Å². The van der Waals surface area contributed by atoms with Gasteiger partial charge >= 0.3 is 5.97 Å². The molecule has 1 amide bonds. The first-order chi connectivity index (χ1) is 10.6. The summed E-state index contributed by atoms with van der Waals surface area (Å²) < 4.78 is 0. The summed E-state index contributed by atoms with van der Waals surface area (Å²) in [5, 5.41) is 13.7. The van der Waals surface area contributed by atoms with Gasteiger partial charge in [0.2, 0.25) is 0 Å². The number of carbonyl (C=O) groups excluding carboxylic acids is 1. The van der Waals surface area contributed by atoms with Crippen molar-refractivity contribution in [3.8, 4) is 0 Å². The van der Waals surface area contributed by atoms with Crippen LogP contribution in [-0.2, 0) is 24.1 Å². The second-order valence-electron chi connectivity index (χ2n) is 5.48. The summed E-state index contributed by atoms with van der Waals surface area (Å²) in [6.07, 6.45) is 4.34. The van der Waals surface area contributed by atoms with Crippen molar-refractivity contribution in [3.63, 3.8) is 0 Å². The summed E-state index contributed by atoms with van der Waals surface area (Å²) in [4.78, 5) is 24.6. The smallest absolute Gasteiger partial charge is 0.307 e. The first kappa shape index (κ1) is 14.8. The number of aliphatic carboxylic acids is 1. The van der Waals surface area contributed by atoms with Gasteiger partial charge in [0, 0.05) is 15.9 Å². The lowest BCUT2D eigenvalue weighted by Crippen LogP contribution is -2.14. The molecule has 2 N–H and O–H groups in total. The third kappa shape index (κ3) is 3.20. The Balaban J connectivity index is 1.77. The van der Waals surface area contributed by atoms with Gasteiger partial charge in [0.15, 0.2) is 0 Å². The van der Waals surface area contributed by atoms with Crippen LogP contribution in [0.3, 0.4) is 0 Å². The Hall–Kier alpha value is -2.14. The third-order valence-electron chi connectivity index (χ3n) is 3.85. The van der Waals surface area contributed by atoms with E-state index in [-0.39, 0.29) is 12.3 Å². The molecule has 1 aliphatic carbocycles. The standard InChI is InChI=1S/C17H17NO3S/c19-16(20)9-11-4-3-5-12(8-11)18-17(21)14-10-22-15-7-2-1-6-13(14)15/h3-5,8,10H,1-2,6-7,9H2,(H,18,21)(H,19,20). The average Bonchev–Trinajstić information content (AvgIpc) is 2.91. The van der Waals surface area contributed by atoms with Gasteiger partial charge < -0.3 is 10.4 Å². The summed E-state index contributed by atoms with van der Waals surface area (Å²) in [7, 11) is 0. The topological polar surface area (TPSA) is 66.4 Å². The molecule has 5 heteroatoms. The van der Waals surface area contributed by atoms with Crippen molar-refractivity contribution in [1.82, 2.24) is 0 Å². The van der Waals surface area contributed by atoms with Gasteiger partial charge in [-0.25, -0.2) is 0 Å². The number of fused-ring (bicyclic) bond motifs is 1. The number of rotatable bonds is 4. The Labute approximate surface area is 132 Å². The van der Waals surface area contributed by atoms with Crippen molar-refractivity contribution < 1.29 is 14.7 Å². The zero-order valence-corrected chi connectivity index (χ0v) is 12.9. The van der Waals surface area contributed by atoms with Gasteiger partial charge in [-0.15, -0.1) is 11.3 Å². The molecule has 114 valence electrons. The maximum Gasteiger partial charge on any atom is 0.307 e. The SMILES string of the molecule is O=C(O)Cc1cccc(NC(=O)c2csc3c2CCCC3)c1. The number of anilines is 1. The zero-order chi connectivity index (χ0) is 15.5. The minimum Gasteiger partial charge on any atom is -0.481 e. The van der Waals surface area contributed by atoms with E-state index in [1.807, 2.05) is 5.38 Å². The molecule has 0 unspecified atom stereocenters. The Bertz CT molecular complexity index is 720. The highest BCUT2D eigenvalue weighted by Gasteiger charge is 2.20. The van der Waals surface area contributed by atoms with Gasteiger partial charge in [-0.1, -0.05) is 12.1 Å². The van der Waals surface area contributed by atoms with Crippen LogP contribution in [0.5, 0.6) is 0 Å². The van der Waals surface area contributed by atoms with E-state index in [4.69, 9.17) is 5.11 Å². The minimum absolute atomic E-state index is 0.0441. The van der Waals surface area contributed by atoms with Crippen molar-refractivity contribution in [2.75, 3.05) is 5.32 Å². The predicted octanol–water partition coefficient (Wildman–Crippen LogP) is 3.51. The van der Waals surface area contributed by atoms with Crippen LogP contribution in [0.1, 0.15) is 39.2 Å². The minimum atomic E-state index is -0.879. The van der Waals surface area contributed by atoms with E-state index < -0.39 is 5.97 Å². The number of benzene rings is 1. The lowest BCUT2D eigenvalue weighted by molar-refractivity contribution is -0.136. The molecule has 1 aliphatic rings. The van der Waals surface area contributed by atoms with Gasteiger partial charge in [-0.3, -0.25) is 9.59 Å². The molecule has 1 heterocycles. The van der Waals surface area contributed by atoms with Crippen LogP contribution in [0, 0.1) is 0 Å². The molecule has 0 aliphatic heterocycles. The van der Waals surface area contributed by atoms with Crippen LogP contribution in [0.4, 0.5) is 5.69 Å². The first-order valence-electron chi connectivity index (χ1n) is 7.35. The van der Waals surface area contributed by atoms with Crippen LogP contribution in [0.2, 0.25) is 0 Å². The molecule has 1 aromatic carbocycles. The molecule has 0 saturated heterocycles. The van der Waals surface area contributed by atoms with Crippen molar-refractivity contribution in [2.24, 2.45) is 0 Å². The number of carboxylic acids is 1. The van der Waals surface area contributed by atoms with Gasteiger partial charge in [0.1, 0.15) is 0 Å². The normalized spacial score (nSPS) is 13.5. The second-order valence-corrected chi connectivity index (χ2v) is 6.45. The molecule has 0 atom stereocenters. The lowest BCUT2D eigenvalue weighted by atomic mass is 9.95. The number of amides is 1. The monoisotopic (exact) mass is 315 g/mol. The molecule has 22 heavy (non-hydrogen) atoms. The molecular weight excluding hydrogens is 298 g/mol. The highest BCUT2D eigenvalue weighted by Crippen LogP contribution is 2.30. The van der Waals surface area contributed by atoms with Crippen molar-refractivity contribution in [2.45, 2.75) is 32.1 Å². The molecule has 0 radical (unpaired) electrons. The fraction of sp³-hybridized carbons (Fsp3) is 0.294. The van der Waals surface area contributed by atoms with Crippen molar-refractivity contribution in [1.29, 1.82) is 0 Å². The number of aryl methyl sites for hydroxylation is 1. The fourth-order valence-corrected chi connectivity index (χ4v) is 3.94. The Morgan fingerprint density at radius 2 is 2.05 bits per heavy atom. The van der Waals surface area contributed by atoms with E-state index >= 15 is 0 Å². The van der Waals surface area contributed by atoms with E-state index in [0.29, 0.717) is 11.3 Å². The predicted molar refractivity (Wildman–Crippen MR) is 86.7 cm³/mol. The maximum absolute atomic E-state index is 12.5. The van der Waals surface area contributed by atoms with Crippen LogP contribution >= 0.6 is 11.3 Å². The molecule has 2 aromatic rings.